The van der Waals surface area contributed by atoms with Crippen LogP contribution in [0.4, 0.5) is 4.39 Å². The molecule has 0 saturated carbocycles. The third kappa shape index (κ3) is 5.27. The summed E-state index contributed by atoms with van der Waals surface area (Å²) in [6.07, 6.45) is 2.14. The summed E-state index contributed by atoms with van der Waals surface area (Å²) in [6, 6.07) is 6.06. The van der Waals surface area contributed by atoms with E-state index < -0.39 is 6.04 Å². The van der Waals surface area contributed by atoms with Crippen LogP contribution in [0.3, 0.4) is 0 Å². The Bertz CT molecular complexity index is 619. The van der Waals surface area contributed by atoms with Crippen molar-refractivity contribution in [2.45, 2.75) is 45.6 Å². The lowest BCUT2D eigenvalue weighted by Gasteiger charge is -2.35. The molecule has 1 heterocycles. The number of amides is 2. The summed E-state index contributed by atoms with van der Waals surface area (Å²) >= 11 is 0. The van der Waals surface area contributed by atoms with E-state index in [0.717, 1.165) is 12.8 Å². The molecule has 0 aliphatic carbocycles. The van der Waals surface area contributed by atoms with Crippen LogP contribution in [0.2, 0.25) is 0 Å². The number of hydrogen-bond acceptors (Lipinski definition) is 3. The van der Waals surface area contributed by atoms with Crippen molar-refractivity contribution in [1.29, 1.82) is 0 Å². The molecule has 0 bridgehead atoms. The quantitative estimate of drug-likeness (QED) is 0.808. The predicted molar refractivity (Wildman–Crippen MR) is 99.9 cm³/mol. The molecular formula is C20H30FN3O2. The molecule has 2 atom stereocenters. The van der Waals surface area contributed by atoms with Crippen LogP contribution in [-0.2, 0) is 16.0 Å². The lowest BCUT2D eigenvalue weighted by atomic mass is 9.95. The van der Waals surface area contributed by atoms with Gasteiger partial charge >= 0.3 is 0 Å². The third-order valence-electron chi connectivity index (χ3n) is 5.08. The molecule has 144 valence electrons. The molecule has 1 aromatic rings. The Morgan fingerprint density at radius 3 is 2.65 bits per heavy atom. The summed E-state index contributed by atoms with van der Waals surface area (Å²) in [5, 5.41) is 0. The van der Waals surface area contributed by atoms with E-state index in [-0.39, 0.29) is 30.0 Å². The largest absolute Gasteiger partial charge is 0.343 e. The van der Waals surface area contributed by atoms with Crippen molar-refractivity contribution in [3.63, 3.8) is 0 Å². The molecule has 0 spiro atoms. The molecule has 1 fully saturated rings. The number of benzene rings is 1. The van der Waals surface area contributed by atoms with Crippen molar-refractivity contribution >= 4 is 11.8 Å². The number of hydrogen-bond donors (Lipinski definition) is 1. The zero-order chi connectivity index (χ0) is 19.1. The molecule has 1 aliphatic rings. The van der Waals surface area contributed by atoms with E-state index in [1.165, 1.54) is 6.07 Å². The van der Waals surface area contributed by atoms with Gasteiger partial charge in [0.25, 0.3) is 0 Å². The minimum absolute atomic E-state index is 0.0501. The Morgan fingerprint density at radius 1 is 1.31 bits per heavy atom. The van der Waals surface area contributed by atoms with Gasteiger partial charge in [-0.3, -0.25) is 9.59 Å². The first-order valence-corrected chi connectivity index (χ1v) is 9.51. The van der Waals surface area contributed by atoms with Crippen LogP contribution >= 0.6 is 0 Å². The molecule has 1 saturated heterocycles. The standard InChI is InChI=1S/C20H30FN3O2/c1-3-23(4-2)20(26)16-9-7-11-24(14-16)19(25)13-17(22)12-15-8-5-6-10-18(15)21/h5-6,8,10,16-17H,3-4,7,9,11-14,22H2,1-2H3/t16?,17-/m1/s1. The van der Waals surface area contributed by atoms with Gasteiger partial charge in [0.05, 0.1) is 5.92 Å². The number of carbonyl (C=O) groups excluding carboxylic acids is 2. The summed E-state index contributed by atoms with van der Waals surface area (Å²) in [5.74, 6) is -0.345. The van der Waals surface area contributed by atoms with Crippen LogP contribution in [-0.4, -0.2) is 53.8 Å². The molecule has 6 heteroatoms. The maximum absolute atomic E-state index is 13.7. The first-order valence-electron chi connectivity index (χ1n) is 9.51. The Hall–Kier alpha value is -1.95. The zero-order valence-electron chi connectivity index (χ0n) is 15.8. The predicted octanol–water partition coefficient (Wildman–Crippen LogP) is 2.19. The smallest absolute Gasteiger partial charge is 0.227 e. The lowest BCUT2D eigenvalue weighted by molar-refractivity contribution is -0.140. The fraction of sp³-hybridized carbons (Fsp3) is 0.600. The summed E-state index contributed by atoms with van der Waals surface area (Å²) in [5.41, 5.74) is 6.61. The molecule has 5 nitrogen and oxygen atoms in total. The lowest BCUT2D eigenvalue weighted by Crippen LogP contribution is -2.47. The molecule has 1 aliphatic heterocycles. The fourth-order valence-corrected chi connectivity index (χ4v) is 3.57. The number of piperidine rings is 1. The van der Waals surface area contributed by atoms with E-state index in [4.69, 9.17) is 5.73 Å². The van der Waals surface area contributed by atoms with Crippen LogP contribution in [0.1, 0.15) is 38.7 Å². The molecule has 2 amide bonds. The number of likely N-dealkylation sites (tertiary alicyclic amines) is 1. The first-order chi connectivity index (χ1) is 12.5. The van der Waals surface area contributed by atoms with E-state index in [9.17, 15) is 14.0 Å². The second-order valence-corrected chi connectivity index (χ2v) is 6.95. The highest BCUT2D eigenvalue weighted by Crippen LogP contribution is 2.20. The molecule has 0 radical (unpaired) electrons. The van der Waals surface area contributed by atoms with E-state index in [2.05, 4.69) is 0 Å². The number of nitrogens with zero attached hydrogens (tertiary/aromatic N) is 2. The van der Waals surface area contributed by atoms with Crippen LogP contribution in [0.5, 0.6) is 0 Å². The first kappa shape index (κ1) is 20.4. The molecule has 1 unspecified atom stereocenters. The van der Waals surface area contributed by atoms with Gasteiger partial charge in [0, 0.05) is 38.6 Å². The van der Waals surface area contributed by atoms with Crippen molar-refractivity contribution < 1.29 is 14.0 Å². The van der Waals surface area contributed by atoms with Gasteiger partial charge in [-0.1, -0.05) is 18.2 Å². The third-order valence-corrected chi connectivity index (χ3v) is 5.08. The average molecular weight is 363 g/mol. The highest BCUT2D eigenvalue weighted by Gasteiger charge is 2.30. The second-order valence-electron chi connectivity index (χ2n) is 6.95. The Labute approximate surface area is 155 Å². The Balaban J connectivity index is 1.90. The van der Waals surface area contributed by atoms with Crippen molar-refractivity contribution in [3.05, 3.63) is 35.6 Å². The van der Waals surface area contributed by atoms with Crippen LogP contribution in [0.25, 0.3) is 0 Å². The van der Waals surface area contributed by atoms with E-state index in [0.29, 0.717) is 38.2 Å². The van der Waals surface area contributed by atoms with Crippen molar-refractivity contribution in [1.82, 2.24) is 9.80 Å². The minimum atomic E-state index is -0.432. The summed E-state index contributed by atoms with van der Waals surface area (Å²) < 4.78 is 13.7. The molecule has 26 heavy (non-hydrogen) atoms. The van der Waals surface area contributed by atoms with Crippen LogP contribution in [0.15, 0.2) is 24.3 Å². The van der Waals surface area contributed by atoms with Gasteiger partial charge in [0.15, 0.2) is 0 Å². The summed E-state index contributed by atoms with van der Waals surface area (Å²) in [6.45, 7) is 6.43. The van der Waals surface area contributed by atoms with Gasteiger partial charge in [0.2, 0.25) is 11.8 Å². The zero-order valence-corrected chi connectivity index (χ0v) is 15.8. The van der Waals surface area contributed by atoms with Gasteiger partial charge in [-0.2, -0.15) is 0 Å². The van der Waals surface area contributed by atoms with Crippen LogP contribution < -0.4 is 5.73 Å². The summed E-state index contributed by atoms with van der Waals surface area (Å²) in [4.78, 5) is 28.7. The van der Waals surface area contributed by atoms with E-state index in [1.54, 1.807) is 23.1 Å². The maximum atomic E-state index is 13.7. The van der Waals surface area contributed by atoms with Crippen molar-refractivity contribution in [2.75, 3.05) is 26.2 Å². The van der Waals surface area contributed by atoms with Gasteiger partial charge in [-0.15, -0.1) is 0 Å². The Morgan fingerprint density at radius 2 is 2.00 bits per heavy atom. The van der Waals surface area contributed by atoms with Gasteiger partial charge in [-0.05, 0) is 44.7 Å². The monoisotopic (exact) mass is 363 g/mol. The number of rotatable bonds is 7. The Kier molecular flexibility index (Phi) is 7.57. The molecular weight excluding hydrogens is 333 g/mol. The average Bonchev–Trinajstić information content (AvgIpc) is 2.64. The summed E-state index contributed by atoms with van der Waals surface area (Å²) in [7, 11) is 0. The highest BCUT2D eigenvalue weighted by molar-refractivity contribution is 5.81. The number of halogens is 1. The van der Waals surface area contributed by atoms with Crippen molar-refractivity contribution in [3.8, 4) is 0 Å². The van der Waals surface area contributed by atoms with Crippen LogP contribution in [0, 0.1) is 11.7 Å². The number of carbonyl (C=O) groups is 2. The second kappa shape index (κ2) is 9.67. The molecule has 2 N–H and O–H groups in total. The van der Waals surface area contributed by atoms with Gasteiger partial charge < -0.3 is 15.5 Å². The van der Waals surface area contributed by atoms with Gasteiger partial charge in [-0.25, -0.2) is 4.39 Å². The maximum Gasteiger partial charge on any atom is 0.227 e. The van der Waals surface area contributed by atoms with E-state index >= 15 is 0 Å². The molecule has 2 rings (SSSR count). The van der Waals surface area contributed by atoms with Crippen molar-refractivity contribution in [2.24, 2.45) is 11.7 Å². The van der Waals surface area contributed by atoms with Gasteiger partial charge in [0.1, 0.15) is 5.82 Å². The number of nitrogens with two attached hydrogens (primary N) is 1. The molecule has 1 aromatic carbocycles. The minimum Gasteiger partial charge on any atom is -0.343 e. The molecule has 0 aromatic heterocycles. The normalized spacial score (nSPS) is 18.5. The fourth-order valence-electron chi connectivity index (χ4n) is 3.57. The van der Waals surface area contributed by atoms with E-state index in [1.807, 2.05) is 18.7 Å². The topological polar surface area (TPSA) is 66.6 Å². The highest BCUT2D eigenvalue weighted by atomic mass is 19.1. The SMILES string of the molecule is CCN(CC)C(=O)C1CCCN(C(=O)C[C@H](N)Cc2ccccc2F)C1.